The molecule has 110 valence electrons. The van der Waals surface area contributed by atoms with Crippen molar-refractivity contribution >= 4 is 34.0 Å². The van der Waals surface area contributed by atoms with Crippen LogP contribution in [0.1, 0.15) is 5.56 Å². The molecule has 0 aliphatic heterocycles. The summed E-state index contributed by atoms with van der Waals surface area (Å²) < 4.78 is 0. The van der Waals surface area contributed by atoms with Crippen LogP contribution in [0.5, 0.6) is 0 Å². The smallest absolute Gasteiger partial charge is 0.242 e. The number of halogens is 1. The van der Waals surface area contributed by atoms with Gasteiger partial charge in [0.1, 0.15) is 5.88 Å². The molecule has 0 aliphatic carbocycles. The molecule has 1 amide bonds. The highest BCUT2D eigenvalue weighted by atomic mass is 35.5. The predicted octanol–water partition coefficient (Wildman–Crippen LogP) is 4.01. The van der Waals surface area contributed by atoms with E-state index in [0.717, 1.165) is 22.0 Å². The number of anilines is 1. The van der Waals surface area contributed by atoms with Crippen molar-refractivity contribution in [2.45, 2.75) is 6.54 Å². The Morgan fingerprint density at radius 3 is 2.64 bits per heavy atom. The van der Waals surface area contributed by atoms with Gasteiger partial charge in [-0.25, -0.2) is 0 Å². The quantitative estimate of drug-likeness (QED) is 0.682. The summed E-state index contributed by atoms with van der Waals surface area (Å²) in [5.74, 6) is -0.175. The number of fused-ring (bicyclic) bond motifs is 1. The van der Waals surface area contributed by atoms with Crippen LogP contribution in [0, 0.1) is 0 Å². The van der Waals surface area contributed by atoms with E-state index in [9.17, 15) is 4.79 Å². The van der Waals surface area contributed by atoms with Gasteiger partial charge in [0.2, 0.25) is 5.91 Å². The zero-order valence-corrected chi connectivity index (χ0v) is 12.7. The molecular weight excluding hydrogens is 296 g/mol. The van der Waals surface area contributed by atoms with Crippen LogP contribution in [0.25, 0.3) is 10.8 Å². The van der Waals surface area contributed by atoms with Crippen LogP contribution < -0.4 is 4.90 Å². The van der Waals surface area contributed by atoms with E-state index in [1.54, 1.807) is 17.3 Å². The number of benzene rings is 2. The van der Waals surface area contributed by atoms with Crippen LogP contribution in [0.15, 0.2) is 67.0 Å². The van der Waals surface area contributed by atoms with E-state index >= 15 is 0 Å². The summed E-state index contributed by atoms with van der Waals surface area (Å²) in [6, 6.07) is 17.8. The number of nitrogens with zero attached hydrogens (tertiary/aromatic N) is 2. The molecule has 0 unspecified atom stereocenters. The highest BCUT2D eigenvalue weighted by Gasteiger charge is 2.17. The number of carbonyl (C=O) groups is 1. The number of alkyl halides is 1. The number of rotatable bonds is 4. The summed E-state index contributed by atoms with van der Waals surface area (Å²) in [4.78, 5) is 18.2. The van der Waals surface area contributed by atoms with Gasteiger partial charge < -0.3 is 4.90 Å². The third kappa shape index (κ3) is 2.95. The summed E-state index contributed by atoms with van der Waals surface area (Å²) in [6.45, 7) is 0.452. The fraction of sp³-hybridized carbons (Fsp3) is 0.111. The van der Waals surface area contributed by atoms with Crippen LogP contribution in [0.3, 0.4) is 0 Å². The number of pyridine rings is 1. The number of hydrogen-bond donors (Lipinski definition) is 0. The molecule has 0 fully saturated rings. The summed E-state index contributed by atoms with van der Waals surface area (Å²) >= 11 is 5.81. The lowest BCUT2D eigenvalue weighted by molar-refractivity contribution is -0.116. The molecule has 3 nitrogen and oxygen atoms in total. The highest BCUT2D eigenvalue weighted by molar-refractivity contribution is 6.29. The summed E-state index contributed by atoms with van der Waals surface area (Å²) in [7, 11) is 0. The molecule has 0 spiro atoms. The van der Waals surface area contributed by atoms with Gasteiger partial charge in [-0.05, 0) is 23.1 Å². The highest BCUT2D eigenvalue weighted by Crippen LogP contribution is 2.28. The fourth-order valence-electron chi connectivity index (χ4n) is 2.50. The Hall–Kier alpha value is -2.39. The Morgan fingerprint density at radius 1 is 1.05 bits per heavy atom. The van der Waals surface area contributed by atoms with Gasteiger partial charge in [-0.2, -0.15) is 0 Å². The molecule has 1 heterocycles. The minimum absolute atomic E-state index is 0.0521. The van der Waals surface area contributed by atoms with Crippen LogP contribution in [0.2, 0.25) is 0 Å². The van der Waals surface area contributed by atoms with Gasteiger partial charge in [0.15, 0.2) is 0 Å². The maximum atomic E-state index is 12.3. The van der Waals surface area contributed by atoms with E-state index in [4.69, 9.17) is 11.6 Å². The number of carbonyl (C=O) groups excluding carboxylic acids is 1. The first-order valence-corrected chi connectivity index (χ1v) is 7.56. The Bertz CT molecular complexity index is 784. The minimum Gasteiger partial charge on any atom is -0.306 e. The summed E-state index contributed by atoms with van der Waals surface area (Å²) in [5.41, 5.74) is 1.83. The minimum atomic E-state index is -0.123. The van der Waals surface area contributed by atoms with Gasteiger partial charge in [0, 0.05) is 17.8 Å². The molecule has 0 saturated carbocycles. The zero-order valence-electron chi connectivity index (χ0n) is 11.9. The molecule has 0 N–H and O–H groups in total. The zero-order chi connectivity index (χ0) is 15.4. The molecule has 0 saturated heterocycles. The maximum absolute atomic E-state index is 12.3. The summed E-state index contributed by atoms with van der Waals surface area (Å²) in [5, 5.41) is 2.13. The Balaban J connectivity index is 2.07. The van der Waals surface area contributed by atoms with Crippen molar-refractivity contribution in [3.8, 4) is 0 Å². The van der Waals surface area contributed by atoms with Crippen LogP contribution in [-0.4, -0.2) is 16.8 Å². The van der Waals surface area contributed by atoms with Crippen molar-refractivity contribution in [2.75, 3.05) is 10.8 Å². The van der Waals surface area contributed by atoms with E-state index < -0.39 is 0 Å². The van der Waals surface area contributed by atoms with Gasteiger partial charge in [0.25, 0.3) is 0 Å². The Kier molecular flexibility index (Phi) is 4.35. The molecule has 0 aliphatic rings. The molecule has 1 aromatic heterocycles. The van der Waals surface area contributed by atoms with Gasteiger partial charge in [-0.3, -0.25) is 9.78 Å². The lowest BCUT2D eigenvalue weighted by atomic mass is 10.1. The predicted molar refractivity (Wildman–Crippen MR) is 90.1 cm³/mol. The van der Waals surface area contributed by atoms with Gasteiger partial charge >= 0.3 is 0 Å². The second kappa shape index (κ2) is 6.58. The topological polar surface area (TPSA) is 33.2 Å². The number of aromatic nitrogens is 1. The normalized spacial score (nSPS) is 10.6. The monoisotopic (exact) mass is 310 g/mol. The third-order valence-corrected chi connectivity index (χ3v) is 3.76. The Labute approximate surface area is 134 Å². The fourth-order valence-corrected chi connectivity index (χ4v) is 2.64. The van der Waals surface area contributed by atoms with Crippen LogP contribution >= 0.6 is 11.6 Å². The molecular formula is C18H15ClN2O. The maximum Gasteiger partial charge on any atom is 0.242 e. The van der Waals surface area contributed by atoms with Crippen LogP contribution in [0.4, 0.5) is 5.69 Å². The van der Waals surface area contributed by atoms with Crippen molar-refractivity contribution in [1.82, 2.24) is 4.98 Å². The van der Waals surface area contributed by atoms with Gasteiger partial charge in [-0.1, -0.05) is 42.5 Å². The second-order valence-corrected chi connectivity index (χ2v) is 5.24. The lowest BCUT2D eigenvalue weighted by Crippen LogP contribution is -2.31. The average Bonchev–Trinajstić information content (AvgIpc) is 2.59. The van der Waals surface area contributed by atoms with Crippen molar-refractivity contribution in [3.63, 3.8) is 0 Å². The SMILES string of the molecule is O=C(CCl)N(Cc1cccnc1)c1cccc2ccccc12. The molecule has 3 aromatic rings. The largest absolute Gasteiger partial charge is 0.306 e. The number of amides is 1. The van der Waals surface area contributed by atoms with E-state index in [2.05, 4.69) is 4.98 Å². The van der Waals surface area contributed by atoms with Crippen molar-refractivity contribution in [1.29, 1.82) is 0 Å². The van der Waals surface area contributed by atoms with E-state index in [1.165, 1.54) is 0 Å². The van der Waals surface area contributed by atoms with Crippen LogP contribution in [-0.2, 0) is 11.3 Å². The molecule has 0 atom stereocenters. The molecule has 4 heteroatoms. The van der Waals surface area contributed by atoms with Crippen molar-refractivity contribution < 1.29 is 4.79 Å². The molecule has 0 bridgehead atoms. The standard InChI is InChI=1S/C18H15ClN2O/c19-11-18(22)21(13-14-5-4-10-20-12-14)17-9-3-7-15-6-1-2-8-16(15)17/h1-10,12H,11,13H2. The third-order valence-electron chi connectivity index (χ3n) is 3.54. The molecule has 22 heavy (non-hydrogen) atoms. The lowest BCUT2D eigenvalue weighted by Gasteiger charge is -2.23. The van der Waals surface area contributed by atoms with E-state index in [-0.39, 0.29) is 11.8 Å². The average molecular weight is 311 g/mol. The van der Waals surface area contributed by atoms with Crippen molar-refractivity contribution in [2.24, 2.45) is 0 Å². The second-order valence-electron chi connectivity index (χ2n) is 4.97. The van der Waals surface area contributed by atoms with Gasteiger partial charge in [-0.15, -0.1) is 11.6 Å². The van der Waals surface area contributed by atoms with Crippen molar-refractivity contribution in [3.05, 3.63) is 72.6 Å². The van der Waals surface area contributed by atoms with E-state index in [0.29, 0.717) is 6.54 Å². The first kappa shape index (κ1) is 14.5. The molecule has 0 radical (unpaired) electrons. The first-order valence-electron chi connectivity index (χ1n) is 7.02. The summed E-state index contributed by atoms with van der Waals surface area (Å²) in [6.07, 6.45) is 3.48. The van der Waals surface area contributed by atoms with E-state index in [1.807, 2.05) is 54.6 Å². The first-order chi connectivity index (χ1) is 10.8. The molecule has 2 aromatic carbocycles. The number of hydrogen-bond acceptors (Lipinski definition) is 2. The van der Waals surface area contributed by atoms with Gasteiger partial charge in [0.05, 0.1) is 12.2 Å². The molecule has 3 rings (SSSR count). The Morgan fingerprint density at radius 2 is 1.86 bits per heavy atom.